The van der Waals surface area contributed by atoms with Gasteiger partial charge < -0.3 is 10.6 Å². The predicted molar refractivity (Wildman–Crippen MR) is 141 cm³/mol. The molecule has 6 rings (SSSR count). The lowest BCUT2D eigenvalue weighted by Gasteiger charge is -2.14. The normalized spacial score (nSPS) is 14.1. The number of anilines is 1. The largest absolute Gasteiger partial charge is 0.344 e. The van der Waals surface area contributed by atoms with E-state index in [1.807, 2.05) is 69.6 Å². The Bertz CT molecular complexity index is 1680. The second-order valence-corrected chi connectivity index (χ2v) is 9.72. The number of benzene rings is 2. The zero-order chi connectivity index (χ0) is 25.7. The van der Waals surface area contributed by atoms with Crippen molar-refractivity contribution in [3.05, 3.63) is 77.6 Å². The first-order valence-electron chi connectivity index (χ1n) is 12.4. The molecule has 0 radical (unpaired) electrons. The minimum atomic E-state index is -0.230. The summed E-state index contributed by atoms with van der Waals surface area (Å²) in [5.74, 6) is 0.372. The first-order chi connectivity index (χ1) is 17.9. The van der Waals surface area contributed by atoms with Gasteiger partial charge in [-0.05, 0) is 50.5 Å². The topological polar surface area (TPSA) is 106 Å². The summed E-state index contributed by atoms with van der Waals surface area (Å²) in [7, 11) is 1.83. The van der Waals surface area contributed by atoms with Crippen molar-refractivity contribution in [1.29, 1.82) is 0 Å². The molecule has 9 nitrogen and oxygen atoms in total. The van der Waals surface area contributed by atoms with Gasteiger partial charge in [-0.15, -0.1) is 5.10 Å². The molecule has 1 aliphatic rings. The summed E-state index contributed by atoms with van der Waals surface area (Å²) >= 11 is 0. The molecule has 2 amide bonds. The number of nitrogens with zero attached hydrogens (tertiary/aromatic N) is 5. The molecular formula is C28H27N7O2. The lowest BCUT2D eigenvalue weighted by atomic mass is 10.0. The van der Waals surface area contributed by atoms with Crippen molar-refractivity contribution in [1.82, 2.24) is 29.7 Å². The number of rotatable bonds is 6. The summed E-state index contributed by atoms with van der Waals surface area (Å²) in [5.41, 5.74) is 5.62. The highest BCUT2D eigenvalue weighted by atomic mass is 16.2. The SMILES string of the molecule is Cc1cccc([C@H](C)NC(=O)c2nn(C)c3ccc(-c4ccn5nc(NC(=O)C6CC6)cc5n4)cc23)c1. The number of aryl methyl sites for hydroxylation is 2. The van der Waals surface area contributed by atoms with Crippen molar-refractivity contribution in [2.45, 2.75) is 32.7 Å². The summed E-state index contributed by atoms with van der Waals surface area (Å²) in [6, 6.07) is 17.4. The van der Waals surface area contributed by atoms with Crippen LogP contribution < -0.4 is 10.6 Å². The molecule has 2 aromatic carbocycles. The van der Waals surface area contributed by atoms with Gasteiger partial charge in [0.1, 0.15) is 0 Å². The van der Waals surface area contributed by atoms with Gasteiger partial charge in [-0.25, -0.2) is 9.50 Å². The number of aromatic nitrogens is 5. The second kappa shape index (κ2) is 8.85. The van der Waals surface area contributed by atoms with E-state index < -0.39 is 0 Å². The number of nitrogens with one attached hydrogen (secondary N) is 2. The quantitative estimate of drug-likeness (QED) is 0.364. The Morgan fingerprint density at radius 1 is 1.05 bits per heavy atom. The van der Waals surface area contributed by atoms with Gasteiger partial charge in [-0.3, -0.25) is 14.3 Å². The third-order valence-corrected chi connectivity index (χ3v) is 6.77. The molecule has 9 heteroatoms. The molecule has 1 fully saturated rings. The van der Waals surface area contributed by atoms with Crippen LogP contribution in [0, 0.1) is 12.8 Å². The van der Waals surface area contributed by atoms with Crippen molar-refractivity contribution in [2.75, 3.05) is 5.32 Å². The summed E-state index contributed by atoms with van der Waals surface area (Å²) in [5, 5.41) is 15.6. The molecule has 0 aliphatic heterocycles. The third kappa shape index (κ3) is 4.44. The van der Waals surface area contributed by atoms with Crippen LogP contribution in [0.5, 0.6) is 0 Å². The first kappa shape index (κ1) is 22.9. The smallest absolute Gasteiger partial charge is 0.272 e. The van der Waals surface area contributed by atoms with Crippen LogP contribution in [0.15, 0.2) is 60.8 Å². The Balaban J connectivity index is 1.29. The molecule has 186 valence electrons. The van der Waals surface area contributed by atoms with E-state index >= 15 is 0 Å². The van der Waals surface area contributed by atoms with E-state index in [0.717, 1.165) is 46.1 Å². The van der Waals surface area contributed by atoms with Gasteiger partial charge in [0.05, 0.1) is 17.3 Å². The number of carbonyl (C=O) groups is 2. The van der Waals surface area contributed by atoms with Crippen molar-refractivity contribution in [3.8, 4) is 11.3 Å². The first-order valence-corrected chi connectivity index (χ1v) is 12.4. The average molecular weight is 494 g/mol. The van der Waals surface area contributed by atoms with Crippen LogP contribution in [0.2, 0.25) is 0 Å². The van der Waals surface area contributed by atoms with Gasteiger partial charge in [0.25, 0.3) is 5.91 Å². The van der Waals surface area contributed by atoms with E-state index in [1.165, 1.54) is 0 Å². The van der Waals surface area contributed by atoms with Crippen LogP contribution in [0.3, 0.4) is 0 Å². The molecule has 37 heavy (non-hydrogen) atoms. The fourth-order valence-electron chi connectivity index (χ4n) is 4.56. The maximum absolute atomic E-state index is 13.3. The zero-order valence-corrected chi connectivity index (χ0v) is 20.9. The number of fused-ring (bicyclic) bond motifs is 2. The Labute approximate surface area is 213 Å². The van der Waals surface area contributed by atoms with E-state index in [9.17, 15) is 9.59 Å². The third-order valence-electron chi connectivity index (χ3n) is 6.77. The Morgan fingerprint density at radius 2 is 1.89 bits per heavy atom. The minimum Gasteiger partial charge on any atom is -0.344 e. The summed E-state index contributed by atoms with van der Waals surface area (Å²) in [6.45, 7) is 4.00. The zero-order valence-electron chi connectivity index (χ0n) is 20.9. The molecule has 3 heterocycles. The molecule has 0 saturated heterocycles. The van der Waals surface area contributed by atoms with E-state index in [1.54, 1.807) is 15.3 Å². The van der Waals surface area contributed by atoms with Gasteiger partial charge in [-0.1, -0.05) is 35.9 Å². The highest BCUT2D eigenvalue weighted by Crippen LogP contribution is 2.30. The fourth-order valence-corrected chi connectivity index (χ4v) is 4.56. The van der Waals surface area contributed by atoms with Crippen LogP contribution in [0.25, 0.3) is 27.8 Å². The Kier molecular flexibility index (Phi) is 5.48. The van der Waals surface area contributed by atoms with Crippen molar-refractivity contribution in [2.24, 2.45) is 13.0 Å². The monoisotopic (exact) mass is 493 g/mol. The molecule has 2 N–H and O–H groups in total. The van der Waals surface area contributed by atoms with Crippen LogP contribution in [-0.4, -0.2) is 36.2 Å². The van der Waals surface area contributed by atoms with Crippen LogP contribution in [-0.2, 0) is 11.8 Å². The number of carbonyl (C=O) groups excluding carboxylic acids is 2. The summed E-state index contributed by atoms with van der Waals surface area (Å²) in [6.07, 6.45) is 3.68. The molecule has 0 bridgehead atoms. The highest BCUT2D eigenvalue weighted by Gasteiger charge is 2.30. The van der Waals surface area contributed by atoms with E-state index in [2.05, 4.69) is 26.9 Å². The van der Waals surface area contributed by atoms with Crippen LogP contribution in [0.1, 0.15) is 47.4 Å². The molecular weight excluding hydrogens is 466 g/mol. The average Bonchev–Trinajstić information content (AvgIpc) is 3.59. The predicted octanol–water partition coefficient (Wildman–Crippen LogP) is 4.43. The fraction of sp³-hybridized carbons (Fsp3) is 0.250. The summed E-state index contributed by atoms with van der Waals surface area (Å²) in [4.78, 5) is 30.1. The maximum atomic E-state index is 13.3. The van der Waals surface area contributed by atoms with Gasteiger partial charge in [0, 0.05) is 36.2 Å². The second-order valence-electron chi connectivity index (χ2n) is 9.72. The molecule has 3 aromatic heterocycles. The lowest BCUT2D eigenvalue weighted by Crippen LogP contribution is -2.27. The molecule has 5 aromatic rings. The summed E-state index contributed by atoms with van der Waals surface area (Å²) < 4.78 is 3.36. The molecule has 0 spiro atoms. The van der Waals surface area contributed by atoms with Gasteiger partial charge >= 0.3 is 0 Å². The lowest BCUT2D eigenvalue weighted by molar-refractivity contribution is -0.117. The van der Waals surface area contributed by atoms with Crippen molar-refractivity contribution >= 4 is 34.2 Å². The van der Waals surface area contributed by atoms with E-state index in [4.69, 9.17) is 4.98 Å². The maximum Gasteiger partial charge on any atom is 0.272 e. The highest BCUT2D eigenvalue weighted by molar-refractivity contribution is 6.06. The van der Waals surface area contributed by atoms with Crippen molar-refractivity contribution < 1.29 is 9.59 Å². The van der Waals surface area contributed by atoms with E-state index in [0.29, 0.717) is 17.2 Å². The number of amides is 2. The minimum absolute atomic E-state index is 0.00758. The van der Waals surface area contributed by atoms with Crippen LogP contribution >= 0.6 is 0 Å². The van der Waals surface area contributed by atoms with Gasteiger partial charge in [0.15, 0.2) is 17.2 Å². The van der Waals surface area contributed by atoms with Crippen molar-refractivity contribution in [3.63, 3.8) is 0 Å². The number of hydrogen-bond acceptors (Lipinski definition) is 5. The Morgan fingerprint density at radius 3 is 2.68 bits per heavy atom. The van der Waals surface area contributed by atoms with Gasteiger partial charge in [-0.2, -0.15) is 5.10 Å². The molecule has 1 atom stereocenters. The number of hydrogen-bond donors (Lipinski definition) is 2. The molecule has 1 aliphatic carbocycles. The molecule has 1 saturated carbocycles. The van der Waals surface area contributed by atoms with E-state index in [-0.39, 0.29) is 23.8 Å². The van der Waals surface area contributed by atoms with Gasteiger partial charge in [0.2, 0.25) is 5.91 Å². The molecule has 0 unspecified atom stereocenters. The standard InChI is InChI=1S/C28H27N7O2/c1-16-5-4-6-19(13-16)17(2)29-28(37)26-21-14-20(9-10-23(21)34(3)33-26)22-11-12-35-25(30-22)15-24(32-35)31-27(36)18-7-8-18/h4-6,9-15,17-18H,7-8H2,1-3H3,(H,29,37)(H,31,32,36)/t17-/m0/s1. The van der Waals surface area contributed by atoms with Crippen LogP contribution in [0.4, 0.5) is 5.82 Å². The Hall–Kier alpha value is -4.53.